The lowest BCUT2D eigenvalue weighted by Gasteiger charge is -2.37. The van der Waals surface area contributed by atoms with Crippen molar-refractivity contribution in [2.24, 2.45) is 0 Å². The molecular weight excluding hydrogens is 333 g/mol. The summed E-state index contributed by atoms with van der Waals surface area (Å²) in [4.78, 5) is 14.2. The van der Waals surface area contributed by atoms with Crippen LogP contribution in [0.2, 0.25) is 0 Å². The van der Waals surface area contributed by atoms with Gasteiger partial charge < -0.3 is 4.90 Å². The molecule has 0 saturated heterocycles. The molecule has 0 unspecified atom stereocenters. The first-order valence-corrected chi connectivity index (χ1v) is 7.78. The van der Waals surface area contributed by atoms with Gasteiger partial charge in [-0.1, -0.05) is 15.9 Å². The minimum Gasteiger partial charge on any atom is -0.336 e. The fourth-order valence-corrected chi connectivity index (χ4v) is 2.65. The average molecular weight is 349 g/mol. The summed E-state index contributed by atoms with van der Waals surface area (Å²) in [6, 6.07) is 4.80. The summed E-state index contributed by atoms with van der Waals surface area (Å²) in [6.07, 6.45) is 3.89. The maximum Gasteiger partial charge on any atom is 0.257 e. The van der Waals surface area contributed by atoms with Crippen LogP contribution in [-0.2, 0) is 0 Å². The zero-order valence-electron chi connectivity index (χ0n) is 10.5. The Morgan fingerprint density at radius 2 is 2.21 bits per heavy atom. The van der Waals surface area contributed by atoms with Crippen molar-refractivity contribution < 1.29 is 9.18 Å². The second-order valence-corrected chi connectivity index (χ2v) is 6.04. The van der Waals surface area contributed by atoms with Crippen LogP contribution >= 0.6 is 27.5 Å². The highest BCUT2D eigenvalue weighted by atomic mass is 79.9. The fourth-order valence-electron chi connectivity index (χ4n) is 2.20. The van der Waals surface area contributed by atoms with Crippen molar-refractivity contribution in [3.63, 3.8) is 0 Å². The lowest BCUT2D eigenvalue weighted by atomic mass is 9.90. The van der Waals surface area contributed by atoms with E-state index in [1.165, 1.54) is 12.1 Å². The molecule has 1 saturated carbocycles. The molecule has 1 amide bonds. The van der Waals surface area contributed by atoms with Crippen LogP contribution < -0.4 is 0 Å². The molecule has 0 spiro atoms. The van der Waals surface area contributed by atoms with Crippen LogP contribution in [0.1, 0.15) is 36.0 Å². The molecule has 0 heterocycles. The number of amides is 1. The van der Waals surface area contributed by atoms with Gasteiger partial charge in [-0.3, -0.25) is 4.79 Å². The first-order valence-electron chi connectivity index (χ1n) is 6.45. The number of carbonyl (C=O) groups is 1. The monoisotopic (exact) mass is 347 g/mol. The van der Waals surface area contributed by atoms with Gasteiger partial charge in [0.25, 0.3) is 5.91 Å². The molecule has 0 atom stereocenters. The van der Waals surface area contributed by atoms with E-state index in [2.05, 4.69) is 15.9 Å². The van der Waals surface area contributed by atoms with Crippen LogP contribution in [0.5, 0.6) is 0 Å². The molecule has 1 aliphatic carbocycles. The van der Waals surface area contributed by atoms with Crippen molar-refractivity contribution >= 4 is 33.4 Å². The smallest absolute Gasteiger partial charge is 0.257 e. The molecule has 2 rings (SSSR count). The summed E-state index contributed by atoms with van der Waals surface area (Å²) in [5.74, 6) is -0.186. The molecule has 0 aromatic heterocycles. The third-order valence-corrected chi connectivity index (χ3v) is 4.23. The van der Waals surface area contributed by atoms with E-state index in [1.54, 1.807) is 11.0 Å². The Kier molecular flexibility index (Phi) is 5.22. The predicted octanol–water partition coefficient (Wildman–Crippen LogP) is 4.21. The number of hydrogen-bond donors (Lipinski definition) is 0. The molecule has 0 radical (unpaired) electrons. The number of benzene rings is 1. The Balaban J connectivity index is 2.17. The van der Waals surface area contributed by atoms with Gasteiger partial charge in [-0.05, 0) is 43.9 Å². The van der Waals surface area contributed by atoms with Crippen LogP contribution in [0.25, 0.3) is 0 Å². The van der Waals surface area contributed by atoms with Gasteiger partial charge in [0.05, 0.1) is 5.56 Å². The van der Waals surface area contributed by atoms with Gasteiger partial charge >= 0.3 is 0 Å². The Morgan fingerprint density at radius 1 is 1.47 bits per heavy atom. The SMILES string of the molecule is O=C(c1ccc(Br)cc1F)N(CCCCl)C1CCC1. The summed E-state index contributed by atoms with van der Waals surface area (Å²) in [7, 11) is 0. The highest BCUT2D eigenvalue weighted by molar-refractivity contribution is 9.10. The molecule has 19 heavy (non-hydrogen) atoms. The maximum absolute atomic E-state index is 13.9. The van der Waals surface area contributed by atoms with Crippen molar-refractivity contribution in [3.8, 4) is 0 Å². The molecule has 0 bridgehead atoms. The summed E-state index contributed by atoms with van der Waals surface area (Å²) in [6.45, 7) is 0.600. The lowest BCUT2D eigenvalue weighted by molar-refractivity contribution is 0.0576. The Hall–Kier alpha value is -0.610. The van der Waals surface area contributed by atoms with Gasteiger partial charge in [-0.2, -0.15) is 0 Å². The summed E-state index contributed by atoms with van der Waals surface area (Å²) in [5.41, 5.74) is 0.143. The zero-order chi connectivity index (χ0) is 13.8. The maximum atomic E-state index is 13.9. The third-order valence-electron chi connectivity index (χ3n) is 3.47. The molecule has 1 fully saturated rings. The van der Waals surface area contributed by atoms with Gasteiger partial charge in [0, 0.05) is 22.9 Å². The van der Waals surface area contributed by atoms with Crippen LogP contribution in [0.15, 0.2) is 22.7 Å². The van der Waals surface area contributed by atoms with E-state index in [0.717, 1.165) is 25.7 Å². The molecule has 1 aromatic rings. The summed E-state index contributed by atoms with van der Waals surface area (Å²) in [5, 5.41) is 0. The molecule has 0 N–H and O–H groups in total. The topological polar surface area (TPSA) is 20.3 Å². The van der Waals surface area contributed by atoms with Crippen LogP contribution in [0.3, 0.4) is 0 Å². The number of nitrogens with zero attached hydrogens (tertiary/aromatic N) is 1. The van der Waals surface area contributed by atoms with E-state index in [0.29, 0.717) is 16.9 Å². The van der Waals surface area contributed by atoms with Gasteiger partial charge in [-0.15, -0.1) is 11.6 Å². The first kappa shape index (κ1) is 14.8. The van der Waals surface area contributed by atoms with Crippen molar-refractivity contribution in [3.05, 3.63) is 34.1 Å². The fraction of sp³-hybridized carbons (Fsp3) is 0.500. The third kappa shape index (κ3) is 3.48. The quantitative estimate of drug-likeness (QED) is 0.730. The highest BCUT2D eigenvalue weighted by Crippen LogP contribution is 2.27. The van der Waals surface area contributed by atoms with Gasteiger partial charge in [-0.25, -0.2) is 4.39 Å². The Bertz CT molecular complexity index is 465. The molecule has 0 aliphatic heterocycles. The molecule has 5 heteroatoms. The number of carbonyl (C=O) groups excluding carboxylic acids is 1. The van der Waals surface area contributed by atoms with Gasteiger partial charge in [0.1, 0.15) is 5.82 Å². The van der Waals surface area contributed by atoms with Crippen LogP contribution in [0.4, 0.5) is 4.39 Å². The average Bonchev–Trinajstić information content (AvgIpc) is 2.31. The van der Waals surface area contributed by atoms with Crippen molar-refractivity contribution in [2.45, 2.75) is 31.7 Å². The largest absolute Gasteiger partial charge is 0.336 e. The molecule has 2 nitrogen and oxygen atoms in total. The van der Waals surface area contributed by atoms with Crippen LogP contribution in [-0.4, -0.2) is 29.3 Å². The van der Waals surface area contributed by atoms with E-state index in [-0.39, 0.29) is 17.5 Å². The minimum atomic E-state index is -0.477. The van der Waals surface area contributed by atoms with E-state index in [1.807, 2.05) is 0 Å². The number of rotatable bonds is 5. The van der Waals surface area contributed by atoms with E-state index < -0.39 is 5.82 Å². The number of halogens is 3. The van der Waals surface area contributed by atoms with E-state index >= 15 is 0 Å². The standard InChI is InChI=1S/C14H16BrClFNO/c15-10-5-6-12(13(17)9-10)14(19)18(8-2-7-16)11-3-1-4-11/h5-6,9,11H,1-4,7-8H2. The Morgan fingerprint density at radius 3 is 2.74 bits per heavy atom. The van der Waals surface area contributed by atoms with E-state index in [4.69, 9.17) is 11.6 Å². The number of hydrogen-bond acceptors (Lipinski definition) is 1. The lowest BCUT2D eigenvalue weighted by Crippen LogP contribution is -2.45. The molecule has 1 aromatic carbocycles. The van der Waals surface area contributed by atoms with E-state index in [9.17, 15) is 9.18 Å². The Labute approximate surface area is 126 Å². The highest BCUT2D eigenvalue weighted by Gasteiger charge is 2.30. The van der Waals surface area contributed by atoms with Crippen molar-refractivity contribution in [1.29, 1.82) is 0 Å². The van der Waals surface area contributed by atoms with Crippen LogP contribution in [0, 0.1) is 5.82 Å². The van der Waals surface area contributed by atoms with Gasteiger partial charge in [0.2, 0.25) is 0 Å². The zero-order valence-corrected chi connectivity index (χ0v) is 12.9. The molecule has 104 valence electrons. The van der Waals surface area contributed by atoms with Crippen molar-refractivity contribution in [2.75, 3.05) is 12.4 Å². The second kappa shape index (κ2) is 6.71. The minimum absolute atomic E-state index is 0.143. The molecular formula is C14H16BrClFNO. The predicted molar refractivity (Wildman–Crippen MR) is 78.1 cm³/mol. The van der Waals surface area contributed by atoms with Crippen molar-refractivity contribution in [1.82, 2.24) is 4.90 Å². The normalized spacial score (nSPS) is 15.1. The second-order valence-electron chi connectivity index (χ2n) is 4.75. The molecule has 1 aliphatic rings. The van der Waals surface area contributed by atoms with Gasteiger partial charge in [0.15, 0.2) is 0 Å². The first-order chi connectivity index (χ1) is 9.13. The summed E-state index contributed by atoms with van der Waals surface area (Å²) < 4.78 is 14.5. The number of alkyl halides is 1. The summed E-state index contributed by atoms with van der Waals surface area (Å²) >= 11 is 8.89.